The Labute approximate surface area is 96.4 Å². The van der Waals surface area contributed by atoms with Crippen molar-refractivity contribution in [2.75, 3.05) is 13.1 Å². The largest absolute Gasteiger partial charge is 0.325 e. The fourth-order valence-electron chi connectivity index (χ4n) is 1.04. The predicted octanol–water partition coefficient (Wildman–Crippen LogP) is 0.626. The summed E-state index contributed by atoms with van der Waals surface area (Å²) in [5.74, 6) is -0.275. The molecular formula is C11H18N4O. The summed E-state index contributed by atoms with van der Waals surface area (Å²) in [6, 6.07) is 3.74. The lowest BCUT2D eigenvalue weighted by molar-refractivity contribution is -0.142. The monoisotopic (exact) mass is 222 g/mol. The molecule has 0 aliphatic rings. The van der Waals surface area contributed by atoms with Crippen LogP contribution in [0.5, 0.6) is 0 Å². The number of hydrogen-bond donors (Lipinski definition) is 1. The van der Waals surface area contributed by atoms with E-state index in [9.17, 15) is 4.79 Å². The van der Waals surface area contributed by atoms with Crippen molar-refractivity contribution in [1.82, 2.24) is 4.90 Å². The number of hydrogen-bond acceptors (Lipinski definition) is 4. The van der Waals surface area contributed by atoms with Gasteiger partial charge in [-0.3, -0.25) is 4.79 Å². The van der Waals surface area contributed by atoms with Gasteiger partial charge in [0.15, 0.2) is 0 Å². The maximum atomic E-state index is 12.1. The first kappa shape index (κ1) is 14.4. The molecule has 0 bridgehead atoms. The fraction of sp³-hybridized carbons (Fsp3) is 0.727. The quantitative estimate of drug-likeness (QED) is 0.706. The summed E-state index contributed by atoms with van der Waals surface area (Å²) in [7, 11) is 0. The topological polar surface area (TPSA) is 93.9 Å². The van der Waals surface area contributed by atoms with Crippen molar-refractivity contribution in [1.29, 1.82) is 10.5 Å². The lowest BCUT2D eigenvalue weighted by atomic mass is 9.74. The molecule has 0 aliphatic carbocycles. The molecule has 2 N–H and O–H groups in total. The van der Waals surface area contributed by atoms with Crippen LogP contribution in [0.25, 0.3) is 0 Å². The van der Waals surface area contributed by atoms with E-state index in [1.807, 2.05) is 12.1 Å². The van der Waals surface area contributed by atoms with Gasteiger partial charge in [0.05, 0.1) is 17.6 Å². The Morgan fingerprint density at radius 3 is 1.81 bits per heavy atom. The summed E-state index contributed by atoms with van der Waals surface area (Å²) in [5, 5.41) is 17.2. The first-order chi connectivity index (χ1) is 7.18. The van der Waals surface area contributed by atoms with Gasteiger partial charge in [0.2, 0.25) is 5.91 Å². The Hall–Kier alpha value is -1.59. The fourth-order valence-corrected chi connectivity index (χ4v) is 1.04. The predicted molar refractivity (Wildman–Crippen MR) is 59.9 cm³/mol. The van der Waals surface area contributed by atoms with Crippen LogP contribution in [0.3, 0.4) is 0 Å². The molecule has 1 amide bonds. The molecule has 0 spiro atoms. The van der Waals surface area contributed by atoms with Crippen molar-refractivity contribution in [2.45, 2.75) is 33.2 Å². The van der Waals surface area contributed by atoms with Gasteiger partial charge in [0.1, 0.15) is 13.1 Å². The third-order valence-electron chi connectivity index (χ3n) is 2.96. The molecule has 0 aromatic carbocycles. The zero-order valence-corrected chi connectivity index (χ0v) is 10.2. The van der Waals surface area contributed by atoms with Crippen LogP contribution in [0.2, 0.25) is 0 Å². The minimum atomic E-state index is -0.819. The average Bonchev–Trinajstić information content (AvgIpc) is 2.14. The van der Waals surface area contributed by atoms with Crippen LogP contribution in [0, 0.1) is 28.1 Å². The molecule has 5 heteroatoms. The molecular weight excluding hydrogens is 204 g/mol. The number of nitrogens with two attached hydrogens (primary N) is 1. The number of carbonyl (C=O) groups is 1. The summed E-state index contributed by atoms with van der Waals surface area (Å²) >= 11 is 0. The highest BCUT2D eigenvalue weighted by Gasteiger charge is 2.42. The second-order valence-corrected chi connectivity index (χ2v) is 4.82. The van der Waals surface area contributed by atoms with Crippen molar-refractivity contribution in [3.63, 3.8) is 0 Å². The highest BCUT2D eigenvalue weighted by Crippen LogP contribution is 2.30. The van der Waals surface area contributed by atoms with Gasteiger partial charge in [-0.05, 0) is 27.7 Å². The summed E-state index contributed by atoms with van der Waals surface area (Å²) in [4.78, 5) is 13.4. The Morgan fingerprint density at radius 2 is 1.56 bits per heavy atom. The van der Waals surface area contributed by atoms with Gasteiger partial charge in [0.25, 0.3) is 0 Å². The van der Waals surface area contributed by atoms with Gasteiger partial charge in [0, 0.05) is 5.54 Å². The van der Waals surface area contributed by atoms with Crippen LogP contribution >= 0.6 is 0 Å². The van der Waals surface area contributed by atoms with Crippen LogP contribution in [0.15, 0.2) is 0 Å². The molecule has 0 saturated heterocycles. The van der Waals surface area contributed by atoms with Gasteiger partial charge in [-0.2, -0.15) is 10.5 Å². The van der Waals surface area contributed by atoms with Crippen molar-refractivity contribution in [3.05, 3.63) is 0 Å². The van der Waals surface area contributed by atoms with Crippen molar-refractivity contribution in [2.24, 2.45) is 11.1 Å². The van der Waals surface area contributed by atoms with Crippen LogP contribution < -0.4 is 5.73 Å². The van der Waals surface area contributed by atoms with Gasteiger partial charge in [-0.25, -0.2) is 0 Å². The molecule has 0 rings (SSSR count). The van der Waals surface area contributed by atoms with E-state index in [2.05, 4.69) is 0 Å². The number of amides is 1. The van der Waals surface area contributed by atoms with E-state index in [-0.39, 0.29) is 19.0 Å². The van der Waals surface area contributed by atoms with Crippen LogP contribution in [-0.2, 0) is 4.79 Å². The van der Waals surface area contributed by atoms with Crippen LogP contribution in [-0.4, -0.2) is 29.4 Å². The third kappa shape index (κ3) is 2.95. The van der Waals surface area contributed by atoms with Gasteiger partial charge in [-0.1, -0.05) is 0 Å². The molecule has 0 aliphatic heterocycles. The number of carbonyl (C=O) groups excluding carboxylic acids is 1. The Kier molecular flexibility index (Phi) is 4.47. The Morgan fingerprint density at radius 1 is 1.19 bits per heavy atom. The molecule has 0 atom stereocenters. The molecule has 16 heavy (non-hydrogen) atoms. The smallest absolute Gasteiger partial charge is 0.231 e. The van der Waals surface area contributed by atoms with E-state index in [0.29, 0.717) is 0 Å². The van der Waals surface area contributed by atoms with Gasteiger partial charge < -0.3 is 10.6 Å². The molecule has 5 nitrogen and oxygen atoms in total. The van der Waals surface area contributed by atoms with E-state index in [0.717, 1.165) is 0 Å². The standard InChI is InChI=1S/C11H18N4O/c1-10(2,11(3,4)14)9(16)15(7-5-12)8-6-13/h7-8,14H2,1-4H3. The summed E-state index contributed by atoms with van der Waals surface area (Å²) < 4.78 is 0. The van der Waals surface area contributed by atoms with Gasteiger partial charge in [-0.15, -0.1) is 0 Å². The highest BCUT2D eigenvalue weighted by atomic mass is 16.2. The molecule has 88 valence electrons. The second kappa shape index (κ2) is 4.96. The summed E-state index contributed by atoms with van der Waals surface area (Å²) in [5.41, 5.74) is 4.40. The maximum Gasteiger partial charge on any atom is 0.231 e. The summed E-state index contributed by atoms with van der Waals surface area (Å²) in [6.45, 7) is 6.76. The molecule has 0 fully saturated rings. The molecule has 0 aromatic heterocycles. The molecule has 0 radical (unpaired) electrons. The van der Waals surface area contributed by atoms with E-state index >= 15 is 0 Å². The van der Waals surface area contributed by atoms with Crippen LogP contribution in [0.1, 0.15) is 27.7 Å². The van der Waals surface area contributed by atoms with Crippen LogP contribution in [0.4, 0.5) is 0 Å². The SMILES string of the molecule is CC(C)(N)C(C)(C)C(=O)N(CC#N)CC#N. The molecule has 0 unspecified atom stereocenters. The zero-order valence-electron chi connectivity index (χ0n) is 10.2. The third-order valence-corrected chi connectivity index (χ3v) is 2.96. The first-order valence-corrected chi connectivity index (χ1v) is 5.00. The second-order valence-electron chi connectivity index (χ2n) is 4.82. The molecule has 0 heterocycles. The van der Waals surface area contributed by atoms with Crippen molar-refractivity contribution < 1.29 is 4.79 Å². The number of nitrogens with zero attached hydrogens (tertiary/aromatic N) is 3. The minimum absolute atomic E-state index is 0.0914. The summed E-state index contributed by atoms with van der Waals surface area (Å²) in [6.07, 6.45) is 0. The van der Waals surface area contributed by atoms with Crippen molar-refractivity contribution >= 4 is 5.91 Å². The lowest BCUT2D eigenvalue weighted by Gasteiger charge is -2.39. The Balaban J connectivity index is 5.03. The normalized spacial score (nSPS) is 11.4. The minimum Gasteiger partial charge on any atom is -0.325 e. The Bertz CT molecular complexity index is 324. The number of rotatable bonds is 4. The van der Waals surface area contributed by atoms with E-state index < -0.39 is 11.0 Å². The zero-order chi connectivity index (χ0) is 13.0. The van der Waals surface area contributed by atoms with E-state index in [1.54, 1.807) is 27.7 Å². The van der Waals surface area contributed by atoms with E-state index in [4.69, 9.17) is 16.3 Å². The maximum absolute atomic E-state index is 12.1. The first-order valence-electron chi connectivity index (χ1n) is 5.00. The molecule has 0 aromatic rings. The number of nitriles is 2. The highest BCUT2D eigenvalue weighted by molar-refractivity contribution is 5.83. The van der Waals surface area contributed by atoms with E-state index in [1.165, 1.54) is 4.90 Å². The average molecular weight is 222 g/mol. The van der Waals surface area contributed by atoms with Crippen molar-refractivity contribution in [3.8, 4) is 12.1 Å². The lowest BCUT2D eigenvalue weighted by Crippen LogP contribution is -2.56. The van der Waals surface area contributed by atoms with Gasteiger partial charge >= 0.3 is 0 Å². The molecule has 0 saturated carbocycles.